The summed E-state index contributed by atoms with van der Waals surface area (Å²) < 4.78 is 0. The summed E-state index contributed by atoms with van der Waals surface area (Å²) in [5.41, 5.74) is 2.02. The van der Waals surface area contributed by atoms with Gasteiger partial charge in [-0.1, -0.05) is 41.2 Å². The van der Waals surface area contributed by atoms with Crippen molar-refractivity contribution in [2.24, 2.45) is 0 Å². The van der Waals surface area contributed by atoms with Crippen LogP contribution < -0.4 is 10.6 Å². The second-order valence-electron chi connectivity index (χ2n) is 5.04. The standard InChI is InChI=1S/C15H18N4O2S/c1-9-4-6-12(7-5-9)13(16-10(2)20)8-14(21)17-15-19-18-11(3)22-15/h4-7,13H,8H2,1-3H3,(H,16,20)(H,17,19,21)/t13-/m1/s1. The fourth-order valence-corrected chi connectivity index (χ4v) is 2.61. The van der Waals surface area contributed by atoms with Crippen molar-refractivity contribution in [1.82, 2.24) is 15.5 Å². The van der Waals surface area contributed by atoms with Crippen molar-refractivity contribution in [3.05, 3.63) is 40.4 Å². The Kier molecular flexibility index (Phi) is 5.21. The smallest absolute Gasteiger partial charge is 0.228 e. The molecule has 2 amide bonds. The minimum absolute atomic E-state index is 0.140. The van der Waals surface area contributed by atoms with Gasteiger partial charge < -0.3 is 10.6 Å². The fraction of sp³-hybridized carbons (Fsp3) is 0.333. The zero-order valence-corrected chi connectivity index (χ0v) is 13.5. The molecule has 0 aliphatic carbocycles. The van der Waals surface area contributed by atoms with E-state index in [1.54, 1.807) is 0 Å². The van der Waals surface area contributed by atoms with E-state index in [2.05, 4.69) is 20.8 Å². The number of hydrogen-bond acceptors (Lipinski definition) is 5. The van der Waals surface area contributed by atoms with Crippen LogP contribution in [0.5, 0.6) is 0 Å². The van der Waals surface area contributed by atoms with Crippen LogP contribution in [-0.2, 0) is 9.59 Å². The van der Waals surface area contributed by atoms with E-state index in [0.717, 1.165) is 16.1 Å². The lowest BCUT2D eigenvalue weighted by atomic mass is 10.0. The lowest BCUT2D eigenvalue weighted by Crippen LogP contribution is -2.29. The number of carbonyl (C=O) groups excluding carboxylic acids is 2. The number of aryl methyl sites for hydroxylation is 2. The third kappa shape index (κ3) is 4.63. The van der Waals surface area contributed by atoms with Crippen LogP contribution in [0.1, 0.15) is 35.5 Å². The van der Waals surface area contributed by atoms with Gasteiger partial charge in [0.25, 0.3) is 0 Å². The molecule has 6 nitrogen and oxygen atoms in total. The maximum absolute atomic E-state index is 12.1. The summed E-state index contributed by atoms with van der Waals surface area (Å²) in [6.07, 6.45) is 0.140. The topological polar surface area (TPSA) is 84.0 Å². The number of benzene rings is 1. The maximum atomic E-state index is 12.1. The van der Waals surface area contributed by atoms with Crippen molar-refractivity contribution >= 4 is 28.3 Å². The van der Waals surface area contributed by atoms with E-state index < -0.39 is 0 Å². The van der Waals surface area contributed by atoms with E-state index in [1.807, 2.05) is 38.1 Å². The Morgan fingerprint density at radius 3 is 2.41 bits per heavy atom. The molecule has 1 aromatic heterocycles. The Balaban J connectivity index is 2.07. The van der Waals surface area contributed by atoms with Crippen molar-refractivity contribution in [3.8, 4) is 0 Å². The molecule has 0 saturated carbocycles. The average Bonchev–Trinajstić information content (AvgIpc) is 2.83. The molecule has 0 saturated heterocycles. The van der Waals surface area contributed by atoms with Crippen LogP contribution in [0.3, 0.4) is 0 Å². The van der Waals surface area contributed by atoms with Gasteiger partial charge in [0.05, 0.1) is 12.5 Å². The summed E-state index contributed by atoms with van der Waals surface area (Å²) in [4.78, 5) is 23.5. The molecular weight excluding hydrogens is 300 g/mol. The molecule has 0 radical (unpaired) electrons. The van der Waals surface area contributed by atoms with Crippen molar-refractivity contribution < 1.29 is 9.59 Å². The van der Waals surface area contributed by atoms with Crippen LogP contribution in [0.15, 0.2) is 24.3 Å². The van der Waals surface area contributed by atoms with Crippen LogP contribution in [0.4, 0.5) is 5.13 Å². The Morgan fingerprint density at radius 1 is 1.18 bits per heavy atom. The number of aromatic nitrogens is 2. The number of nitrogens with zero attached hydrogens (tertiary/aromatic N) is 2. The molecule has 7 heteroatoms. The zero-order chi connectivity index (χ0) is 16.1. The molecule has 1 aromatic carbocycles. The normalized spacial score (nSPS) is 11.8. The van der Waals surface area contributed by atoms with E-state index in [9.17, 15) is 9.59 Å². The second kappa shape index (κ2) is 7.13. The first-order valence-electron chi connectivity index (χ1n) is 6.87. The molecule has 1 heterocycles. The first-order valence-corrected chi connectivity index (χ1v) is 7.69. The predicted octanol–water partition coefficient (Wildman–Crippen LogP) is 2.36. The molecule has 2 rings (SSSR count). The highest BCUT2D eigenvalue weighted by molar-refractivity contribution is 7.15. The molecule has 2 aromatic rings. The average molecular weight is 318 g/mol. The molecule has 116 valence electrons. The summed E-state index contributed by atoms with van der Waals surface area (Å²) in [7, 11) is 0. The van der Waals surface area contributed by atoms with Crippen molar-refractivity contribution in [1.29, 1.82) is 0 Å². The van der Waals surface area contributed by atoms with Gasteiger partial charge >= 0.3 is 0 Å². The SMILES string of the molecule is CC(=O)N[C@H](CC(=O)Nc1nnc(C)s1)c1ccc(C)cc1. The van der Waals surface area contributed by atoms with Gasteiger partial charge in [0.1, 0.15) is 5.01 Å². The lowest BCUT2D eigenvalue weighted by molar-refractivity contribution is -0.120. The van der Waals surface area contributed by atoms with Gasteiger partial charge in [-0.2, -0.15) is 0 Å². The van der Waals surface area contributed by atoms with Crippen LogP contribution >= 0.6 is 11.3 Å². The van der Waals surface area contributed by atoms with Crippen molar-refractivity contribution in [2.75, 3.05) is 5.32 Å². The highest BCUT2D eigenvalue weighted by atomic mass is 32.1. The number of nitrogens with one attached hydrogen (secondary N) is 2. The highest BCUT2D eigenvalue weighted by Crippen LogP contribution is 2.20. The molecule has 1 atom stereocenters. The van der Waals surface area contributed by atoms with Gasteiger partial charge in [-0.05, 0) is 19.4 Å². The molecule has 22 heavy (non-hydrogen) atoms. The third-order valence-corrected chi connectivity index (χ3v) is 3.77. The fourth-order valence-electron chi connectivity index (χ4n) is 2.00. The van der Waals surface area contributed by atoms with Crippen molar-refractivity contribution in [2.45, 2.75) is 33.2 Å². The Hall–Kier alpha value is -2.28. The summed E-state index contributed by atoms with van der Waals surface area (Å²) >= 11 is 1.31. The monoisotopic (exact) mass is 318 g/mol. The van der Waals surface area contributed by atoms with Crippen LogP contribution in [0, 0.1) is 13.8 Å². The summed E-state index contributed by atoms with van der Waals surface area (Å²) in [5.74, 6) is -0.388. The van der Waals surface area contributed by atoms with Gasteiger partial charge in [-0.3, -0.25) is 9.59 Å². The molecule has 0 aliphatic rings. The molecular formula is C15H18N4O2S. The molecule has 0 aliphatic heterocycles. The van der Waals surface area contributed by atoms with Crippen molar-refractivity contribution in [3.63, 3.8) is 0 Å². The minimum Gasteiger partial charge on any atom is -0.349 e. The molecule has 0 bridgehead atoms. The van der Waals surface area contributed by atoms with Gasteiger partial charge in [-0.15, -0.1) is 10.2 Å². The number of hydrogen-bond donors (Lipinski definition) is 2. The number of rotatable bonds is 5. The molecule has 0 unspecified atom stereocenters. The summed E-state index contributed by atoms with van der Waals surface area (Å²) in [6, 6.07) is 7.37. The lowest BCUT2D eigenvalue weighted by Gasteiger charge is -2.17. The van der Waals surface area contributed by atoms with E-state index in [-0.39, 0.29) is 24.3 Å². The van der Waals surface area contributed by atoms with Gasteiger partial charge in [0, 0.05) is 6.92 Å². The minimum atomic E-state index is -0.368. The largest absolute Gasteiger partial charge is 0.349 e. The highest BCUT2D eigenvalue weighted by Gasteiger charge is 2.18. The summed E-state index contributed by atoms with van der Waals surface area (Å²) in [6.45, 7) is 5.24. The first kappa shape index (κ1) is 16.1. The quantitative estimate of drug-likeness (QED) is 0.886. The Labute approximate surface area is 133 Å². The maximum Gasteiger partial charge on any atom is 0.228 e. The van der Waals surface area contributed by atoms with Gasteiger partial charge in [-0.25, -0.2) is 0 Å². The van der Waals surface area contributed by atoms with Gasteiger partial charge in [0.2, 0.25) is 16.9 Å². The zero-order valence-electron chi connectivity index (χ0n) is 12.7. The first-order chi connectivity index (χ1) is 10.4. The number of carbonyl (C=O) groups is 2. The number of anilines is 1. The van der Waals surface area contributed by atoms with E-state index in [4.69, 9.17) is 0 Å². The van der Waals surface area contributed by atoms with Gasteiger partial charge in [0.15, 0.2) is 0 Å². The van der Waals surface area contributed by atoms with Crippen LogP contribution in [0.25, 0.3) is 0 Å². The molecule has 2 N–H and O–H groups in total. The second-order valence-corrected chi connectivity index (χ2v) is 6.22. The van der Waals surface area contributed by atoms with Crippen LogP contribution in [0.2, 0.25) is 0 Å². The Morgan fingerprint density at radius 2 is 1.86 bits per heavy atom. The van der Waals surface area contributed by atoms with E-state index in [0.29, 0.717) is 5.13 Å². The van der Waals surface area contributed by atoms with E-state index in [1.165, 1.54) is 18.3 Å². The number of amides is 2. The summed E-state index contributed by atoms with van der Waals surface area (Å²) in [5, 5.41) is 14.5. The molecule has 0 spiro atoms. The van der Waals surface area contributed by atoms with E-state index >= 15 is 0 Å². The Bertz CT molecular complexity index is 666. The van der Waals surface area contributed by atoms with Crippen LogP contribution in [-0.4, -0.2) is 22.0 Å². The molecule has 0 fully saturated rings. The third-order valence-electron chi connectivity index (χ3n) is 3.02. The predicted molar refractivity (Wildman–Crippen MR) is 85.6 cm³/mol.